The molecular weight excluding hydrogens is 890 g/mol. The van der Waals surface area contributed by atoms with Gasteiger partial charge in [0.15, 0.2) is 0 Å². The molecule has 0 aromatic heterocycles. The molecule has 0 radical (unpaired) electrons. The fourth-order valence-corrected chi connectivity index (χ4v) is 8.65. The van der Waals surface area contributed by atoms with Crippen molar-refractivity contribution in [2.75, 3.05) is 0 Å². The Labute approximate surface area is 325 Å². The second-order valence-corrected chi connectivity index (χ2v) is 20.7. The summed E-state index contributed by atoms with van der Waals surface area (Å²) in [5.41, 5.74) is 7.48. The second-order valence-electron chi connectivity index (χ2n) is 13.8. The van der Waals surface area contributed by atoms with Gasteiger partial charge in [-0.05, 0) is 105 Å². The van der Waals surface area contributed by atoms with Gasteiger partial charge >= 0.3 is 6.09 Å². The van der Waals surface area contributed by atoms with Crippen LogP contribution in [0.4, 0.5) is 4.79 Å². The van der Waals surface area contributed by atoms with Crippen molar-refractivity contribution in [1.29, 1.82) is 0 Å². The van der Waals surface area contributed by atoms with E-state index in [4.69, 9.17) is 10.5 Å². The first kappa shape index (κ1) is 42.2. The molecule has 49 heavy (non-hydrogen) atoms. The van der Waals surface area contributed by atoms with E-state index in [0.29, 0.717) is 41.5 Å². The van der Waals surface area contributed by atoms with Crippen LogP contribution >= 0.6 is 63.7 Å². The summed E-state index contributed by atoms with van der Waals surface area (Å²) in [5.74, 6) is -0.544. The van der Waals surface area contributed by atoms with Crippen molar-refractivity contribution in [3.8, 4) is 23.0 Å². The van der Waals surface area contributed by atoms with Crippen molar-refractivity contribution in [3.63, 3.8) is 0 Å². The van der Waals surface area contributed by atoms with E-state index >= 15 is 0 Å². The molecule has 6 unspecified atom stereocenters. The molecule has 12 heteroatoms. The van der Waals surface area contributed by atoms with Crippen LogP contribution in [0.1, 0.15) is 150 Å². The first-order chi connectivity index (χ1) is 23.2. The maximum atomic E-state index is 12.0. The van der Waals surface area contributed by atoms with E-state index in [-0.39, 0.29) is 54.1 Å². The Hall–Kier alpha value is -1.21. The zero-order valence-corrected chi connectivity index (χ0v) is 34.8. The highest BCUT2D eigenvalue weighted by molar-refractivity contribution is 9.25. The number of aromatic hydroxyl groups is 4. The number of primary amides is 1. The summed E-state index contributed by atoms with van der Waals surface area (Å²) in [6.07, 6.45) is 8.44. The van der Waals surface area contributed by atoms with Gasteiger partial charge < -0.3 is 36.0 Å². The van der Waals surface area contributed by atoms with E-state index in [1.54, 1.807) is 24.3 Å². The molecule has 6 rings (SSSR count). The van der Waals surface area contributed by atoms with Crippen molar-refractivity contribution in [2.24, 2.45) is 17.6 Å². The molecular formula is C37H53Br4NO7. The summed E-state index contributed by atoms with van der Waals surface area (Å²) in [7, 11) is 0. The van der Waals surface area contributed by atoms with Gasteiger partial charge in [-0.2, -0.15) is 0 Å². The monoisotopic (exact) mass is 939 g/mol. The number of amides is 1. The third-order valence-electron chi connectivity index (χ3n) is 9.98. The van der Waals surface area contributed by atoms with Gasteiger partial charge in [0, 0.05) is 16.7 Å². The molecule has 1 amide bonds. The minimum atomic E-state index is -0.927. The molecule has 276 valence electrons. The molecule has 0 heterocycles. The van der Waals surface area contributed by atoms with Crippen LogP contribution in [0.15, 0.2) is 24.3 Å². The smallest absolute Gasteiger partial charge is 0.405 e. The van der Waals surface area contributed by atoms with Crippen LogP contribution in [-0.2, 0) is 4.74 Å². The summed E-state index contributed by atoms with van der Waals surface area (Å²) in [6, 6.07) is 6.40. The number of aliphatic hydroxyl groups excluding tert-OH is 1. The van der Waals surface area contributed by atoms with Crippen LogP contribution in [0.25, 0.3) is 0 Å². The summed E-state index contributed by atoms with van der Waals surface area (Å²) in [6.45, 7) is 3.93. The Morgan fingerprint density at radius 3 is 1.51 bits per heavy atom. The van der Waals surface area contributed by atoms with Crippen LogP contribution in [0.5, 0.6) is 23.0 Å². The number of nitrogens with two attached hydrogens (primary N) is 1. The molecule has 4 aliphatic carbocycles. The lowest BCUT2D eigenvalue weighted by Gasteiger charge is -2.27. The van der Waals surface area contributed by atoms with Crippen LogP contribution in [0.2, 0.25) is 0 Å². The number of phenolic OH excluding ortho intramolecular Hbond substituents is 4. The lowest BCUT2D eigenvalue weighted by molar-refractivity contribution is 0.0690. The summed E-state index contributed by atoms with van der Waals surface area (Å²) in [4.78, 5) is 12.0. The first-order valence-electron chi connectivity index (χ1n) is 17.5. The largest absolute Gasteiger partial charge is 0.508 e. The lowest BCUT2D eigenvalue weighted by atomic mass is 9.83. The number of hydrogen-bond acceptors (Lipinski definition) is 7. The highest BCUT2D eigenvalue weighted by atomic mass is 79.9. The number of aliphatic hydroxyl groups is 1. The topological polar surface area (TPSA) is 153 Å². The molecule has 8 nitrogen and oxygen atoms in total. The SMILES string of the molecule is CC1CCCCC(CCCC(Br)Br)c2c(O)cc(cc2O)C(OC(N)=O)C(C)CCCCC(CCCC(Br)Br)c2c(O)cc(cc2O)C1O. The minimum Gasteiger partial charge on any atom is -0.508 e. The fraction of sp³-hybridized carbons (Fsp3) is 0.649. The van der Waals surface area contributed by atoms with Crippen molar-refractivity contribution in [2.45, 2.75) is 135 Å². The number of phenols is 4. The summed E-state index contributed by atoms with van der Waals surface area (Å²) < 4.78 is 5.92. The van der Waals surface area contributed by atoms with Crippen LogP contribution in [-0.4, -0.2) is 39.1 Å². The number of benzene rings is 2. The molecule has 0 saturated heterocycles. The highest BCUT2D eigenvalue weighted by Gasteiger charge is 2.29. The van der Waals surface area contributed by atoms with Crippen molar-refractivity contribution in [3.05, 3.63) is 46.5 Å². The summed E-state index contributed by atoms with van der Waals surface area (Å²) >= 11 is 14.2. The Balaban J connectivity index is 1.98. The molecule has 6 atom stereocenters. The zero-order valence-electron chi connectivity index (χ0n) is 28.5. The van der Waals surface area contributed by atoms with Crippen molar-refractivity contribution >= 4 is 69.8 Å². The van der Waals surface area contributed by atoms with E-state index in [0.717, 1.165) is 70.6 Å². The van der Waals surface area contributed by atoms with Gasteiger partial charge in [0.05, 0.1) is 13.6 Å². The van der Waals surface area contributed by atoms with Crippen LogP contribution < -0.4 is 5.73 Å². The standard InChI is InChI=1S/C37H53Br4NO7/c1-21-9-3-5-11-24(14-8-16-32(40)41)34-29(45)19-26(20-30(34)46)36(49-37(42)48)22(2)10-4-6-12-23(13-7-15-31(38)39)33-27(43)17-25(35(21)47)18-28(33)44/h17-24,31-32,35-36,43-47H,3-16H2,1-2H3,(H2,42,48). The normalized spacial score (nSPS) is 24.5. The molecule has 0 fully saturated rings. The average Bonchev–Trinajstić information content (AvgIpc) is 3.01. The third-order valence-corrected chi connectivity index (χ3v) is 11.8. The van der Waals surface area contributed by atoms with Crippen LogP contribution in [0.3, 0.4) is 0 Å². The van der Waals surface area contributed by atoms with Crippen molar-refractivity contribution in [1.82, 2.24) is 0 Å². The van der Waals surface area contributed by atoms with Gasteiger partial charge in [0.2, 0.25) is 0 Å². The number of halogens is 4. The fourth-order valence-electron chi connectivity index (χ4n) is 7.35. The Kier molecular flexibility index (Phi) is 17.9. The Morgan fingerprint density at radius 2 is 1.10 bits per heavy atom. The minimum absolute atomic E-state index is 0.00518. The Bertz CT molecular complexity index is 1300. The van der Waals surface area contributed by atoms with Crippen molar-refractivity contribution < 1.29 is 35.1 Å². The van der Waals surface area contributed by atoms with E-state index < -0.39 is 18.3 Å². The average molecular weight is 943 g/mol. The predicted octanol–water partition coefficient (Wildman–Crippen LogP) is 11.5. The maximum Gasteiger partial charge on any atom is 0.405 e. The zero-order chi connectivity index (χ0) is 36.2. The third kappa shape index (κ3) is 13.1. The van der Waals surface area contributed by atoms with Gasteiger partial charge in [-0.25, -0.2) is 4.79 Å². The molecule has 0 aliphatic heterocycles. The lowest BCUT2D eigenvalue weighted by Crippen LogP contribution is -2.22. The molecule has 2 aromatic rings. The van der Waals surface area contributed by atoms with E-state index in [1.165, 1.54) is 0 Å². The molecule has 7 N–H and O–H groups in total. The number of alkyl halides is 4. The number of carbonyl (C=O) groups is 1. The van der Waals surface area contributed by atoms with E-state index in [2.05, 4.69) is 63.7 Å². The highest BCUT2D eigenvalue weighted by Crippen LogP contribution is 2.46. The number of carbonyl (C=O) groups excluding carboxylic acids is 1. The number of ether oxygens (including phenoxy) is 1. The molecule has 0 saturated carbocycles. The predicted molar refractivity (Wildman–Crippen MR) is 210 cm³/mol. The second kappa shape index (κ2) is 20.7. The number of hydrogen-bond donors (Lipinski definition) is 6. The van der Waals surface area contributed by atoms with E-state index in [9.17, 15) is 30.3 Å². The molecule has 4 bridgehead atoms. The first-order valence-corrected chi connectivity index (χ1v) is 21.2. The molecule has 0 spiro atoms. The molecule has 2 aromatic carbocycles. The van der Waals surface area contributed by atoms with Crippen LogP contribution in [0, 0.1) is 11.8 Å². The van der Waals surface area contributed by atoms with Gasteiger partial charge in [0.25, 0.3) is 0 Å². The Morgan fingerprint density at radius 1 is 0.714 bits per heavy atom. The quantitative estimate of drug-likeness (QED) is 0.137. The van der Waals surface area contributed by atoms with Gasteiger partial charge in [0.1, 0.15) is 29.1 Å². The maximum absolute atomic E-state index is 12.0. The van der Waals surface area contributed by atoms with Gasteiger partial charge in [-0.3, -0.25) is 0 Å². The van der Waals surface area contributed by atoms with Gasteiger partial charge in [-0.15, -0.1) is 0 Å². The van der Waals surface area contributed by atoms with E-state index in [1.807, 2.05) is 13.8 Å². The summed E-state index contributed by atoms with van der Waals surface area (Å²) in [5, 5.41) is 56.4. The number of rotatable bonds is 9. The van der Waals surface area contributed by atoms with Gasteiger partial charge in [-0.1, -0.05) is 116 Å². The molecule has 4 aliphatic rings.